The second-order valence-corrected chi connectivity index (χ2v) is 7.37. The van der Waals surface area contributed by atoms with Crippen LogP contribution in [0.25, 0.3) is 0 Å². The van der Waals surface area contributed by atoms with Crippen LogP contribution in [-0.4, -0.2) is 6.10 Å². The standard InChI is InChI=1S/C16H24BrNO/c1-11(18)14-10-12(17)4-5-15(14)19-13-6-8-16(2,3)9-7-13/h4-5,10-11,13H,6-9,18H2,1-3H3. The Morgan fingerprint density at radius 2 is 1.95 bits per heavy atom. The minimum absolute atomic E-state index is 0.00692. The molecule has 0 bridgehead atoms. The molecule has 2 rings (SSSR count). The quantitative estimate of drug-likeness (QED) is 0.864. The van der Waals surface area contributed by atoms with Crippen LogP contribution in [0.5, 0.6) is 5.75 Å². The molecular formula is C16H24BrNO. The molecule has 1 aromatic carbocycles. The lowest BCUT2D eigenvalue weighted by Gasteiger charge is -2.34. The molecule has 1 unspecified atom stereocenters. The maximum atomic E-state index is 6.20. The van der Waals surface area contributed by atoms with Gasteiger partial charge in [-0.2, -0.15) is 0 Å². The maximum Gasteiger partial charge on any atom is 0.124 e. The zero-order valence-electron chi connectivity index (χ0n) is 12.1. The molecule has 106 valence electrons. The molecule has 0 amide bonds. The van der Waals surface area contributed by atoms with E-state index in [4.69, 9.17) is 10.5 Å². The summed E-state index contributed by atoms with van der Waals surface area (Å²) in [7, 11) is 0. The first-order chi connectivity index (χ1) is 8.87. The van der Waals surface area contributed by atoms with Crippen molar-refractivity contribution in [3.8, 4) is 5.75 Å². The number of nitrogens with two attached hydrogens (primary N) is 1. The van der Waals surface area contributed by atoms with Gasteiger partial charge in [0.2, 0.25) is 0 Å². The molecule has 1 fully saturated rings. The average Bonchev–Trinajstić information content (AvgIpc) is 2.33. The molecule has 0 radical (unpaired) electrons. The van der Waals surface area contributed by atoms with Crippen molar-refractivity contribution in [1.82, 2.24) is 0 Å². The van der Waals surface area contributed by atoms with E-state index in [2.05, 4.69) is 35.8 Å². The Balaban J connectivity index is 2.07. The van der Waals surface area contributed by atoms with Gasteiger partial charge in [0.05, 0.1) is 6.10 Å². The summed E-state index contributed by atoms with van der Waals surface area (Å²) < 4.78 is 7.25. The number of ether oxygens (including phenoxy) is 1. The Hall–Kier alpha value is -0.540. The topological polar surface area (TPSA) is 35.2 Å². The van der Waals surface area contributed by atoms with Gasteiger partial charge < -0.3 is 10.5 Å². The van der Waals surface area contributed by atoms with Gasteiger partial charge in [-0.15, -0.1) is 0 Å². The van der Waals surface area contributed by atoms with Crippen molar-refractivity contribution in [3.63, 3.8) is 0 Å². The summed E-state index contributed by atoms with van der Waals surface area (Å²) in [5.41, 5.74) is 7.59. The van der Waals surface area contributed by atoms with Crippen molar-refractivity contribution in [3.05, 3.63) is 28.2 Å². The van der Waals surface area contributed by atoms with Crippen LogP contribution in [0.4, 0.5) is 0 Å². The smallest absolute Gasteiger partial charge is 0.124 e. The zero-order valence-corrected chi connectivity index (χ0v) is 13.7. The fourth-order valence-electron chi connectivity index (χ4n) is 2.65. The van der Waals surface area contributed by atoms with Crippen molar-refractivity contribution in [2.75, 3.05) is 0 Å². The molecule has 1 atom stereocenters. The summed E-state index contributed by atoms with van der Waals surface area (Å²) in [5, 5.41) is 0. The number of hydrogen-bond donors (Lipinski definition) is 1. The van der Waals surface area contributed by atoms with Crippen LogP contribution in [0, 0.1) is 5.41 Å². The van der Waals surface area contributed by atoms with Crippen LogP contribution in [-0.2, 0) is 0 Å². The predicted molar refractivity (Wildman–Crippen MR) is 83.4 cm³/mol. The van der Waals surface area contributed by atoms with Gasteiger partial charge in [0.1, 0.15) is 5.75 Å². The molecule has 1 saturated carbocycles. The monoisotopic (exact) mass is 325 g/mol. The summed E-state index contributed by atoms with van der Waals surface area (Å²) in [6.45, 7) is 6.69. The Bertz CT molecular complexity index is 432. The fraction of sp³-hybridized carbons (Fsp3) is 0.625. The van der Waals surface area contributed by atoms with Crippen molar-refractivity contribution >= 4 is 15.9 Å². The number of halogens is 1. The van der Waals surface area contributed by atoms with Crippen LogP contribution >= 0.6 is 15.9 Å². The predicted octanol–water partition coefficient (Wildman–Crippen LogP) is 4.82. The molecule has 0 spiro atoms. The van der Waals surface area contributed by atoms with E-state index in [0.29, 0.717) is 11.5 Å². The average molecular weight is 326 g/mol. The highest BCUT2D eigenvalue weighted by Gasteiger charge is 2.28. The zero-order chi connectivity index (χ0) is 14.0. The van der Waals surface area contributed by atoms with Crippen LogP contribution in [0.15, 0.2) is 22.7 Å². The Morgan fingerprint density at radius 1 is 1.32 bits per heavy atom. The van der Waals surface area contributed by atoms with Crippen molar-refractivity contribution in [1.29, 1.82) is 0 Å². The number of benzene rings is 1. The number of hydrogen-bond acceptors (Lipinski definition) is 2. The molecular weight excluding hydrogens is 302 g/mol. The fourth-order valence-corrected chi connectivity index (χ4v) is 3.03. The summed E-state index contributed by atoms with van der Waals surface area (Å²) in [6, 6.07) is 6.11. The summed E-state index contributed by atoms with van der Waals surface area (Å²) >= 11 is 3.49. The van der Waals surface area contributed by atoms with Crippen LogP contribution in [0.1, 0.15) is 58.1 Å². The van der Waals surface area contributed by atoms with Crippen molar-refractivity contribution in [2.24, 2.45) is 11.1 Å². The first-order valence-electron chi connectivity index (χ1n) is 7.09. The highest BCUT2D eigenvalue weighted by Crippen LogP contribution is 2.37. The minimum Gasteiger partial charge on any atom is -0.490 e. The van der Waals surface area contributed by atoms with E-state index in [-0.39, 0.29) is 6.04 Å². The largest absolute Gasteiger partial charge is 0.490 e. The highest BCUT2D eigenvalue weighted by molar-refractivity contribution is 9.10. The lowest BCUT2D eigenvalue weighted by atomic mass is 9.76. The molecule has 0 heterocycles. The molecule has 0 aromatic heterocycles. The summed E-state index contributed by atoms with van der Waals surface area (Å²) in [4.78, 5) is 0. The van der Waals surface area contributed by atoms with Gasteiger partial charge in [-0.05, 0) is 56.2 Å². The van der Waals surface area contributed by atoms with Gasteiger partial charge in [-0.25, -0.2) is 0 Å². The van der Waals surface area contributed by atoms with E-state index < -0.39 is 0 Å². The highest BCUT2D eigenvalue weighted by atomic mass is 79.9. The van der Waals surface area contributed by atoms with E-state index in [1.54, 1.807) is 0 Å². The van der Waals surface area contributed by atoms with Crippen LogP contribution < -0.4 is 10.5 Å². The van der Waals surface area contributed by atoms with Gasteiger partial charge in [0, 0.05) is 16.1 Å². The Kier molecular flexibility index (Phi) is 4.57. The SMILES string of the molecule is CC(N)c1cc(Br)ccc1OC1CCC(C)(C)CC1. The lowest BCUT2D eigenvalue weighted by molar-refractivity contribution is 0.0976. The Morgan fingerprint density at radius 3 is 2.53 bits per heavy atom. The summed E-state index contributed by atoms with van der Waals surface area (Å²) in [5.74, 6) is 0.947. The third-order valence-corrected chi connectivity index (χ3v) is 4.54. The molecule has 19 heavy (non-hydrogen) atoms. The molecule has 1 aliphatic rings. The molecule has 0 aliphatic heterocycles. The molecule has 2 N–H and O–H groups in total. The van der Waals surface area contributed by atoms with Crippen molar-refractivity contribution in [2.45, 2.75) is 58.6 Å². The van der Waals surface area contributed by atoms with Crippen molar-refractivity contribution < 1.29 is 4.74 Å². The second-order valence-electron chi connectivity index (χ2n) is 6.45. The van der Waals surface area contributed by atoms with E-state index in [0.717, 1.165) is 28.6 Å². The minimum atomic E-state index is -0.00692. The van der Waals surface area contributed by atoms with E-state index in [1.807, 2.05) is 19.1 Å². The third-order valence-electron chi connectivity index (χ3n) is 4.04. The second kappa shape index (κ2) is 5.84. The molecule has 1 aromatic rings. The van der Waals surface area contributed by atoms with Gasteiger partial charge in [-0.3, -0.25) is 0 Å². The van der Waals surface area contributed by atoms with Gasteiger partial charge in [0.15, 0.2) is 0 Å². The van der Waals surface area contributed by atoms with Gasteiger partial charge >= 0.3 is 0 Å². The van der Waals surface area contributed by atoms with Crippen LogP contribution in [0.2, 0.25) is 0 Å². The molecule has 0 saturated heterocycles. The first kappa shape index (κ1) is 14.9. The van der Waals surface area contributed by atoms with E-state index in [1.165, 1.54) is 12.8 Å². The normalized spacial score (nSPS) is 21.1. The number of rotatable bonds is 3. The van der Waals surface area contributed by atoms with E-state index in [9.17, 15) is 0 Å². The molecule has 1 aliphatic carbocycles. The van der Waals surface area contributed by atoms with E-state index >= 15 is 0 Å². The first-order valence-corrected chi connectivity index (χ1v) is 7.88. The van der Waals surface area contributed by atoms with Gasteiger partial charge in [-0.1, -0.05) is 29.8 Å². The molecule has 2 nitrogen and oxygen atoms in total. The van der Waals surface area contributed by atoms with Crippen LogP contribution in [0.3, 0.4) is 0 Å². The molecule has 3 heteroatoms. The summed E-state index contributed by atoms with van der Waals surface area (Å²) in [6.07, 6.45) is 5.10. The third kappa shape index (κ3) is 3.96. The Labute approximate surface area is 124 Å². The maximum absolute atomic E-state index is 6.20. The lowest BCUT2D eigenvalue weighted by Crippen LogP contribution is -2.28. The van der Waals surface area contributed by atoms with Gasteiger partial charge in [0.25, 0.3) is 0 Å².